The molecule has 0 aromatic heterocycles. The predicted molar refractivity (Wildman–Crippen MR) is 69.0 cm³/mol. The number of nitro benzene ring substituents is 1. The van der Waals surface area contributed by atoms with Crippen LogP contribution in [0.5, 0.6) is 5.75 Å². The number of hydrogen-bond donors (Lipinski definition) is 2. The van der Waals surface area contributed by atoms with Crippen LogP contribution < -0.4 is 9.64 Å². The van der Waals surface area contributed by atoms with Crippen molar-refractivity contribution in [2.75, 3.05) is 18.6 Å². The first-order chi connectivity index (χ1) is 9.85. The maximum absolute atomic E-state index is 13.6. The van der Waals surface area contributed by atoms with Gasteiger partial charge in [0.25, 0.3) is 5.69 Å². The fourth-order valence-electron chi connectivity index (χ4n) is 2.38. The van der Waals surface area contributed by atoms with Crippen LogP contribution in [-0.2, 0) is 4.79 Å². The molecular formula is C12H13FN2O6. The molecule has 2 unspecified atom stereocenters. The number of aliphatic hydroxyl groups excluding tert-OH is 1. The summed E-state index contributed by atoms with van der Waals surface area (Å²) in [4.78, 5) is 22.6. The fourth-order valence-corrected chi connectivity index (χ4v) is 2.38. The number of rotatable bonds is 4. The second-order valence-corrected chi connectivity index (χ2v) is 4.63. The van der Waals surface area contributed by atoms with Gasteiger partial charge >= 0.3 is 5.97 Å². The molecule has 2 rings (SSSR count). The van der Waals surface area contributed by atoms with E-state index < -0.39 is 34.5 Å². The zero-order valence-electron chi connectivity index (χ0n) is 11.0. The van der Waals surface area contributed by atoms with E-state index in [1.165, 1.54) is 12.0 Å². The predicted octanol–water partition coefficient (Wildman–Crippen LogP) is 0.767. The lowest BCUT2D eigenvalue weighted by atomic mass is 10.1. The largest absolute Gasteiger partial charge is 0.494 e. The minimum Gasteiger partial charge on any atom is -0.494 e. The zero-order valence-corrected chi connectivity index (χ0v) is 11.0. The summed E-state index contributed by atoms with van der Waals surface area (Å²) in [7, 11) is 1.20. The number of benzene rings is 1. The van der Waals surface area contributed by atoms with Gasteiger partial charge in [0.15, 0.2) is 11.6 Å². The Morgan fingerprint density at radius 1 is 1.57 bits per heavy atom. The Hall–Kier alpha value is -2.42. The molecule has 0 aliphatic carbocycles. The van der Waals surface area contributed by atoms with Crippen LogP contribution in [0.3, 0.4) is 0 Å². The second-order valence-electron chi connectivity index (χ2n) is 4.63. The number of halogens is 1. The van der Waals surface area contributed by atoms with Gasteiger partial charge in [-0.3, -0.25) is 10.1 Å². The monoisotopic (exact) mass is 300 g/mol. The summed E-state index contributed by atoms with van der Waals surface area (Å²) in [5, 5.41) is 29.8. The number of aliphatic carboxylic acids is 1. The van der Waals surface area contributed by atoms with Crippen molar-refractivity contribution in [1.82, 2.24) is 0 Å². The van der Waals surface area contributed by atoms with E-state index in [0.29, 0.717) is 6.07 Å². The maximum Gasteiger partial charge on any atom is 0.326 e. The van der Waals surface area contributed by atoms with Crippen LogP contribution in [0.4, 0.5) is 15.8 Å². The Morgan fingerprint density at radius 2 is 2.24 bits per heavy atom. The Bertz CT molecular complexity index is 593. The third kappa shape index (κ3) is 2.72. The molecule has 1 fully saturated rings. The topological polar surface area (TPSA) is 113 Å². The van der Waals surface area contributed by atoms with Crippen LogP contribution in [0, 0.1) is 15.9 Å². The average Bonchev–Trinajstić information content (AvgIpc) is 2.80. The minimum atomic E-state index is -1.22. The Labute approximate surface area is 118 Å². The van der Waals surface area contributed by atoms with Gasteiger partial charge < -0.3 is 19.8 Å². The van der Waals surface area contributed by atoms with Crippen LogP contribution in [0.25, 0.3) is 0 Å². The smallest absolute Gasteiger partial charge is 0.326 e. The summed E-state index contributed by atoms with van der Waals surface area (Å²) in [5.41, 5.74) is -0.671. The number of hydrogen-bond acceptors (Lipinski definition) is 6. The highest BCUT2D eigenvalue weighted by Crippen LogP contribution is 2.38. The highest BCUT2D eigenvalue weighted by molar-refractivity contribution is 5.81. The van der Waals surface area contributed by atoms with Crippen molar-refractivity contribution >= 4 is 17.3 Å². The number of nitro groups is 1. The van der Waals surface area contributed by atoms with E-state index in [1.807, 2.05) is 0 Å². The van der Waals surface area contributed by atoms with Gasteiger partial charge in [-0.1, -0.05) is 0 Å². The summed E-state index contributed by atoms with van der Waals surface area (Å²) in [6, 6.07) is 0.632. The van der Waals surface area contributed by atoms with Crippen LogP contribution in [0.15, 0.2) is 12.1 Å². The number of carbonyl (C=O) groups is 1. The van der Waals surface area contributed by atoms with Gasteiger partial charge in [0.1, 0.15) is 11.7 Å². The zero-order chi connectivity index (χ0) is 15.7. The fraction of sp³-hybridized carbons (Fsp3) is 0.417. The normalized spacial score (nSPS) is 21.4. The van der Waals surface area contributed by atoms with E-state index in [-0.39, 0.29) is 24.4 Å². The number of nitrogens with zero attached hydrogens (tertiary/aromatic N) is 2. The van der Waals surface area contributed by atoms with E-state index in [1.54, 1.807) is 0 Å². The molecule has 2 N–H and O–H groups in total. The van der Waals surface area contributed by atoms with Gasteiger partial charge in [-0.2, -0.15) is 0 Å². The second kappa shape index (κ2) is 5.52. The Morgan fingerprint density at radius 3 is 2.76 bits per heavy atom. The van der Waals surface area contributed by atoms with Gasteiger partial charge in [0.05, 0.1) is 24.2 Å². The van der Waals surface area contributed by atoms with Crippen LogP contribution in [-0.4, -0.2) is 46.9 Å². The summed E-state index contributed by atoms with van der Waals surface area (Å²) in [5.74, 6) is -2.37. The maximum atomic E-state index is 13.6. The van der Waals surface area contributed by atoms with Crippen molar-refractivity contribution in [1.29, 1.82) is 0 Å². The van der Waals surface area contributed by atoms with Crippen molar-refractivity contribution in [3.05, 3.63) is 28.1 Å². The van der Waals surface area contributed by atoms with Gasteiger partial charge in [0, 0.05) is 19.0 Å². The number of anilines is 1. The average molecular weight is 300 g/mol. The van der Waals surface area contributed by atoms with Crippen molar-refractivity contribution in [2.24, 2.45) is 0 Å². The molecule has 0 saturated carbocycles. The molecule has 0 spiro atoms. The molecule has 114 valence electrons. The van der Waals surface area contributed by atoms with Gasteiger partial charge in [-0.05, 0) is 0 Å². The lowest BCUT2D eigenvalue weighted by Gasteiger charge is -2.23. The van der Waals surface area contributed by atoms with Gasteiger partial charge in [-0.15, -0.1) is 0 Å². The number of aliphatic hydroxyl groups is 1. The van der Waals surface area contributed by atoms with Gasteiger partial charge in [0.2, 0.25) is 0 Å². The molecule has 0 radical (unpaired) electrons. The van der Waals surface area contributed by atoms with Crippen molar-refractivity contribution in [3.63, 3.8) is 0 Å². The summed E-state index contributed by atoms with van der Waals surface area (Å²) < 4.78 is 18.4. The standard InChI is InChI=1S/C12H13FN2O6/c1-21-11-4-8(9(15(19)20)3-7(11)13)14-5-6(16)2-10(14)12(17)18/h3-4,6,10,16H,2,5H2,1H3,(H,17,18). The Balaban J connectivity index is 2.55. The molecule has 21 heavy (non-hydrogen) atoms. The highest BCUT2D eigenvalue weighted by Gasteiger charge is 2.39. The Kier molecular flexibility index (Phi) is 3.94. The molecule has 1 aliphatic heterocycles. The molecule has 9 heteroatoms. The van der Waals surface area contributed by atoms with Crippen molar-refractivity contribution < 1.29 is 29.1 Å². The molecule has 0 bridgehead atoms. The molecule has 1 aromatic carbocycles. The summed E-state index contributed by atoms with van der Waals surface area (Å²) >= 11 is 0. The molecule has 1 heterocycles. The third-order valence-corrected chi connectivity index (χ3v) is 3.32. The SMILES string of the molecule is COc1cc(N2CC(O)CC2C(=O)O)c([N+](=O)[O-])cc1F. The number of carboxylic acid groups (broad SMARTS) is 1. The quantitative estimate of drug-likeness (QED) is 0.623. The molecular weight excluding hydrogens is 287 g/mol. The molecule has 1 aliphatic rings. The number of ether oxygens (including phenoxy) is 1. The first-order valence-electron chi connectivity index (χ1n) is 6.04. The lowest BCUT2D eigenvalue weighted by Crippen LogP contribution is -2.36. The summed E-state index contributed by atoms with van der Waals surface area (Å²) in [6.45, 7) is -0.0907. The third-order valence-electron chi connectivity index (χ3n) is 3.32. The van der Waals surface area contributed by atoms with Gasteiger partial charge in [-0.25, -0.2) is 9.18 Å². The minimum absolute atomic E-state index is 0.0633. The highest BCUT2D eigenvalue weighted by atomic mass is 19.1. The number of β-amino-alcohol motifs (C(OH)–C–C–N with tert-alkyl or cyclic N) is 1. The van der Waals surface area contributed by atoms with Crippen molar-refractivity contribution in [2.45, 2.75) is 18.6 Å². The molecule has 1 saturated heterocycles. The number of methoxy groups -OCH3 is 1. The number of carboxylic acids is 1. The van der Waals surface area contributed by atoms with Crippen LogP contribution in [0.2, 0.25) is 0 Å². The molecule has 1 aromatic rings. The van der Waals surface area contributed by atoms with Crippen LogP contribution in [0.1, 0.15) is 6.42 Å². The van der Waals surface area contributed by atoms with E-state index in [4.69, 9.17) is 9.84 Å². The van der Waals surface area contributed by atoms with E-state index in [2.05, 4.69) is 0 Å². The molecule has 8 nitrogen and oxygen atoms in total. The first kappa shape index (κ1) is 15.0. The van der Waals surface area contributed by atoms with Crippen molar-refractivity contribution in [3.8, 4) is 5.75 Å². The van der Waals surface area contributed by atoms with E-state index >= 15 is 0 Å². The lowest BCUT2D eigenvalue weighted by molar-refractivity contribution is -0.384. The van der Waals surface area contributed by atoms with E-state index in [0.717, 1.165) is 6.07 Å². The van der Waals surface area contributed by atoms with E-state index in [9.17, 15) is 24.4 Å². The summed E-state index contributed by atoms with van der Waals surface area (Å²) in [6.07, 6.45) is -0.992. The molecule has 0 amide bonds. The molecule has 2 atom stereocenters. The van der Waals surface area contributed by atoms with Crippen LogP contribution >= 0.6 is 0 Å². The first-order valence-corrected chi connectivity index (χ1v) is 6.04.